The van der Waals surface area contributed by atoms with Crippen LogP contribution in [0.15, 0.2) is 18.2 Å². The highest BCUT2D eigenvalue weighted by atomic mass is 16.5. The van der Waals surface area contributed by atoms with Gasteiger partial charge in [-0.15, -0.1) is 0 Å². The van der Waals surface area contributed by atoms with Crippen LogP contribution in [0.4, 0.5) is 11.4 Å². The van der Waals surface area contributed by atoms with Crippen LogP contribution in [-0.2, 0) is 4.79 Å². The number of amides is 1. The largest absolute Gasteiger partial charge is 0.479 e. The van der Waals surface area contributed by atoms with Crippen LogP contribution in [0.1, 0.15) is 13.3 Å². The van der Waals surface area contributed by atoms with Crippen molar-refractivity contribution in [2.75, 3.05) is 23.7 Å². The fourth-order valence-electron chi connectivity index (χ4n) is 1.65. The fourth-order valence-corrected chi connectivity index (χ4v) is 1.65. The van der Waals surface area contributed by atoms with Crippen LogP contribution in [0, 0.1) is 0 Å². The molecule has 0 radical (unpaired) electrons. The summed E-state index contributed by atoms with van der Waals surface area (Å²) >= 11 is 0. The van der Waals surface area contributed by atoms with E-state index < -0.39 is 6.10 Å². The van der Waals surface area contributed by atoms with Crippen LogP contribution in [0.5, 0.6) is 5.75 Å². The first-order valence-electron chi connectivity index (χ1n) is 5.76. The molecule has 0 aromatic heterocycles. The minimum absolute atomic E-state index is 0.114. The highest BCUT2D eigenvalue weighted by Gasteiger charge is 2.23. The Hall–Kier alpha value is -1.75. The first-order valence-corrected chi connectivity index (χ1v) is 5.76. The van der Waals surface area contributed by atoms with E-state index in [0.717, 1.165) is 18.7 Å². The molecule has 0 bridgehead atoms. The lowest BCUT2D eigenvalue weighted by Crippen LogP contribution is -2.34. The highest BCUT2D eigenvalue weighted by Crippen LogP contribution is 2.31. The quantitative estimate of drug-likeness (QED) is 0.685. The number of fused-ring (bicyclic) bond motifs is 1. The second-order valence-electron chi connectivity index (χ2n) is 4.03. The van der Waals surface area contributed by atoms with Gasteiger partial charge in [-0.2, -0.15) is 0 Å². The van der Waals surface area contributed by atoms with Crippen molar-refractivity contribution in [2.45, 2.75) is 19.4 Å². The van der Waals surface area contributed by atoms with E-state index in [-0.39, 0.29) is 5.91 Å². The molecule has 0 saturated heterocycles. The van der Waals surface area contributed by atoms with Crippen molar-refractivity contribution in [3.05, 3.63) is 18.2 Å². The van der Waals surface area contributed by atoms with Crippen molar-refractivity contribution in [2.24, 2.45) is 5.73 Å². The number of carbonyl (C=O) groups excluding carboxylic acids is 1. The summed E-state index contributed by atoms with van der Waals surface area (Å²) in [6.07, 6.45) is 0.482. The number of carbonyl (C=O) groups is 1. The molecule has 92 valence electrons. The number of anilines is 2. The maximum Gasteiger partial charge on any atom is 0.265 e. The fraction of sp³-hybridized carbons (Fsp3) is 0.417. The zero-order valence-corrected chi connectivity index (χ0v) is 9.82. The van der Waals surface area contributed by atoms with Crippen LogP contribution in [0.3, 0.4) is 0 Å². The van der Waals surface area contributed by atoms with E-state index in [1.54, 1.807) is 6.92 Å². The molecule has 1 heterocycles. The van der Waals surface area contributed by atoms with E-state index in [0.29, 0.717) is 18.0 Å². The summed E-state index contributed by atoms with van der Waals surface area (Å²) < 4.78 is 5.46. The smallest absolute Gasteiger partial charge is 0.265 e. The number of hydrogen-bond donors (Lipinski definition) is 3. The van der Waals surface area contributed by atoms with E-state index in [9.17, 15) is 4.79 Å². The molecular weight excluding hydrogens is 218 g/mol. The van der Waals surface area contributed by atoms with Gasteiger partial charge in [0.25, 0.3) is 5.91 Å². The molecule has 5 heteroatoms. The predicted molar refractivity (Wildman–Crippen MR) is 67.3 cm³/mol. The highest BCUT2D eigenvalue weighted by molar-refractivity contribution is 5.98. The Morgan fingerprint density at radius 2 is 2.35 bits per heavy atom. The summed E-state index contributed by atoms with van der Waals surface area (Å²) in [7, 11) is 0. The Bertz CT molecular complexity index is 420. The van der Waals surface area contributed by atoms with Crippen molar-refractivity contribution in [1.82, 2.24) is 0 Å². The monoisotopic (exact) mass is 235 g/mol. The third-order valence-electron chi connectivity index (χ3n) is 2.62. The van der Waals surface area contributed by atoms with Gasteiger partial charge < -0.3 is 21.1 Å². The van der Waals surface area contributed by atoms with Gasteiger partial charge in [-0.05, 0) is 38.1 Å². The van der Waals surface area contributed by atoms with Crippen molar-refractivity contribution < 1.29 is 9.53 Å². The predicted octanol–water partition coefficient (Wildman–Crippen LogP) is 1.17. The van der Waals surface area contributed by atoms with Gasteiger partial charge in [-0.3, -0.25) is 4.79 Å². The molecule has 0 saturated carbocycles. The van der Waals surface area contributed by atoms with Crippen LogP contribution < -0.4 is 21.1 Å². The summed E-state index contributed by atoms with van der Waals surface area (Å²) in [4.78, 5) is 11.5. The van der Waals surface area contributed by atoms with Gasteiger partial charge in [-0.25, -0.2) is 0 Å². The maximum atomic E-state index is 11.5. The summed E-state index contributed by atoms with van der Waals surface area (Å²) in [6.45, 7) is 3.21. The molecular formula is C12H17N3O2. The van der Waals surface area contributed by atoms with Crippen molar-refractivity contribution in [3.63, 3.8) is 0 Å². The van der Waals surface area contributed by atoms with Gasteiger partial charge in [0.2, 0.25) is 0 Å². The minimum atomic E-state index is -0.432. The molecule has 1 aliphatic heterocycles. The van der Waals surface area contributed by atoms with Crippen LogP contribution in [0.25, 0.3) is 0 Å². The third-order valence-corrected chi connectivity index (χ3v) is 2.62. The van der Waals surface area contributed by atoms with Gasteiger partial charge in [-0.1, -0.05) is 0 Å². The Morgan fingerprint density at radius 1 is 1.53 bits per heavy atom. The molecule has 1 atom stereocenters. The zero-order valence-electron chi connectivity index (χ0n) is 9.82. The number of hydrogen-bond acceptors (Lipinski definition) is 4. The SMILES string of the molecule is CC1Oc2ccc(NCCCN)cc2NC1=O. The van der Waals surface area contributed by atoms with E-state index in [4.69, 9.17) is 10.5 Å². The second kappa shape index (κ2) is 5.05. The van der Waals surface area contributed by atoms with Gasteiger partial charge in [0.1, 0.15) is 5.75 Å². The lowest BCUT2D eigenvalue weighted by molar-refractivity contribution is -0.122. The number of ether oxygens (including phenoxy) is 1. The molecule has 0 fully saturated rings. The molecule has 17 heavy (non-hydrogen) atoms. The van der Waals surface area contributed by atoms with Crippen LogP contribution >= 0.6 is 0 Å². The summed E-state index contributed by atoms with van der Waals surface area (Å²) in [5.41, 5.74) is 7.09. The Labute approximate surface area is 100 Å². The van der Waals surface area contributed by atoms with Gasteiger partial charge >= 0.3 is 0 Å². The van der Waals surface area contributed by atoms with Gasteiger partial charge in [0.15, 0.2) is 6.10 Å². The number of rotatable bonds is 4. The first kappa shape index (κ1) is 11.7. The lowest BCUT2D eigenvalue weighted by atomic mass is 10.2. The number of nitrogens with two attached hydrogens (primary N) is 1. The normalized spacial score (nSPS) is 18.0. The zero-order chi connectivity index (χ0) is 12.3. The molecule has 2 rings (SSSR count). The molecule has 1 aromatic rings. The molecule has 1 unspecified atom stereocenters. The molecule has 4 N–H and O–H groups in total. The molecule has 1 amide bonds. The lowest BCUT2D eigenvalue weighted by Gasteiger charge is -2.23. The standard InChI is InChI=1S/C12H17N3O2/c1-8-12(16)15-10-7-9(14-6-2-5-13)3-4-11(10)17-8/h3-4,7-8,14H,2,5-6,13H2,1H3,(H,15,16). The van der Waals surface area contributed by atoms with Crippen LogP contribution in [-0.4, -0.2) is 25.1 Å². The Morgan fingerprint density at radius 3 is 3.12 bits per heavy atom. The molecule has 1 aromatic carbocycles. The van der Waals surface area contributed by atoms with E-state index in [1.807, 2.05) is 18.2 Å². The first-order chi connectivity index (χ1) is 8.20. The van der Waals surface area contributed by atoms with Crippen molar-refractivity contribution in [3.8, 4) is 5.75 Å². The van der Waals surface area contributed by atoms with Gasteiger partial charge in [0, 0.05) is 12.2 Å². The minimum Gasteiger partial charge on any atom is -0.479 e. The Balaban J connectivity index is 2.09. The Kier molecular flexibility index (Phi) is 3.49. The summed E-state index contributed by atoms with van der Waals surface area (Å²) in [6, 6.07) is 5.66. The van der Waals surface area contributed by atoms with E-state index in [1.165, 1.54) is 0 Å². The van der Waals surface area contributed by atoms with E-state index in [2.05, 4.69) is 10.6 Å². The molecule has 5 nitrogen and oxygen atoms in total. The topological polar surface area (TPSA) is 76.4 Å². The van der Waals surface area contributed by atoms with Crippen molar-refractivity contribution >= 4 is 17.3 Å². The van der Waals surface area contributed by atoms with Gasteiger partial charge in [0.05, 0.1) is 5.69 Å². The second-order valence-corrected chi connectivity index (χ2v) is 4.03. The van der Waals surface area contributed by atoms with Crippen molar-refractivity contribution in [1.29, 1.82) is 0 Å². The summed E-state index contributed by atoms with van der Waals surface area (Å²) in [5, 5.41) is 6.05. The van der Waals surface area contributed by atoms with E-state index >= 15 is 0 Å². The number of nitrogens with one attached hydrogen (secondary N) is 2. The average molecular weight is 235 g/mol. The third kappa shape index (κ3) is 2.68. The average Bonchev–Trinajstić information content (AvgIpc) is 2.31. The van der Waals surface area contributed by atoms with Crippen LogP contribution in [0.2, 0.25) is 0 Å². The summed E-state index contributed by atoms with van der Waals surface area (Å²) in [5.74, 6) is 0.595. The number of benzene rings is 1. The maximum absolute atomic E-state index is 11.5. The molecule has 1 aliphatic rings. The molecule has 0 spiro atoms. The molecule has 0 aliphatic carbocycles.